The fraction of sp³-hybridized carbons (Fsp3) is 0. The second-order valence-corrected chi connectivity index (χ2v) is 3.69. The first-order valence-corrected chi connectivity index (χ1v) is 5.46. The monoisotopic (exact) mass is 256 g/mol. The van der Waals surface area contributed by atoms with E-state index < -0.39 is 0 Å². The first-order chi connectivity index (χ1) is 9.16. The van der Waals surface area contributed by atoms with Crippen molar-refractivity contribution >= 4 is 12.1 Å². The van der Waals surface area contributed by atoms with Crippen LogP contribution in [0, 0.1) is 0 Å². The van der Waals surface area contributed by atoms with Crippen LogP contribution in [0.4, 0.5) is 0 Å². The number of aromatic nitrogens is 1. The normalized spacial score (nSPS) is 11.9. The molecule has 2 rings (SSSR count). The van der Waals surface area contributed by atoms with Crippen molar-refractivity contribution in [2.45, 2.75) is 0 Å². The number of aromatic hydroxyl groups is 2. The smallest absolute Gasteiger partial charge is 0.171 e. The zero-order valence-electron chi connectivity index (χ0n) is 9.93. The maximum atomic E-state index is 9.53. The van der Waals surface area contributed by atoms with Crippen LogP contribution in [0.5, 0.6) is 11.5 Å². The lowest BCUT2D eigenvalue weighted by Crippen LogP contribution is -2.14. The molecule has 0 fully saturated rings. The Morgan fingerprint density at radius 2 is 2.05 bits per heavy atom. The van der Waals surface area contributed by atoms with Crippen LogP contribution in [-0.2, 0) is 0 Å². The van der Waals surface area contributed by atoms with Gasteiger partial charge in [-0.25, -0.2) is 0 Å². The Bertz CT molecular complexity index is 624. The number of hydrogen-bond acceptors (Lipinski definition) is 5. The van der Waals surface area contributed by atoms with Crippen LogP contribution in [0.15, 0.2) is 52.8 Å². The molecule has 0 radical (unpaired) electrons. The van der Waals surface area contributed by atoms with E-state index in [1.165, 1.54) is 24.4 Å². The van der Waals surface area contributed by atoms with E-state index >= 15 is 0 Å². The van der Waals surface area contributed by atoms with Crippen molar-refractivity contribution in [1.82, 2.24) is 4.98 Å². The molecule has 0 unspecified atom stereocenters. The van der Waals surface area contributed by atoms with Gasteiger partial charge in [0.15, 0.2) is 5.84 Å². The van der Waals surface area contributed by atoms with E-state index in [2.05, 4.69) is 15.2 Å². The lowest BCUT2D eigenvalue weighted by atomic mass is 10.2. The summed E-state index contributed by atoms with van der Waals surface area (Å²) in [6.45, 7) is 0. The first kappa shape index (κ1) is 12.6. The molecule has 2 aromatic rings. The molecule has 4 N–H and O–H groups in total. The summed E-state index contributed by atoms with van der Waals surface area (Å²) in [5.74, 6) is 0.0663. The van der Waals surface area contributed by atoms with E-state index in [4.69, 9.17) is 10.8 Å². The van der Waals surface area contributed by atoms with Gasteiger partial charge in [0, 0.05) is 17.8 Å². The Balaban J connectivity index is 2.15. The molecular weight excluding hydrogens is 244 g/mol. The SMILES string of the molecule is NC(=NN=Cc1ccc(O)cc1O)c1ccccn1. The number of pyridine rings is 1. The molecule has 0 spiro atoms. The third kappa shape index (κ3) is 3.29. The van der Waals surface area contributed by atoms with Crippen molar-refractivity contribution in [1.29, 1.82) is 0 Å². The van der Waals surface area contributed by atoms with E-state index in [1.54, 1.807) is 24.4 Å². The summed E-state index contributed by atoms with van der Waals surface area (Å²) in [7, 11) is 0. The number of hydrogen-bond donors (Lipinski definition) is 3. The molecule has 1 aromatic carbocycles. The van der Waals surface area contributed by atoms with Gasteiger partial charge in [-0.15, -0.1) is 5.10 Å². The summed E-state index contributed by atoms with van der Waals surface area (Å²) >= 11 is 0. The van der Waals surface area contributed by atoms with Crippen molar-refractivity contribution in [3.05, 3.63) is 53.9 Å². The summed E-state index contributed by atoms with van der Waals surface area (Å²) in [4.78, 5) is 4.02. The van der Waals surface area contributed by atoms with E-state index in [-0.39, 0.29) is 17.3 Å². The summed E-state index contributed by atoms with van der Waals surface area (Å²) < 4.78 is 0. The molecule has 0 amide bonds. The molecule has 6 heteroatoms. The van der Waals surface area contributed by atoms with Gasteiger partial charge in [0.2, 0.25) is 0 Å². The Hall–Kier alpha value is -2.89. The van der Waals surface area contributed by atoms with E-state index in [1.807, 2.05) is 0 Å². The molecule has 0 aliphatic rings. The van der Waals surface area contributed by atoms with Crippen molar-refractivity contribution in [2.24, 2.45) is 15.9 Å². The number of phenolic OH excluding ortho intramolecular Hbond substituents is 2. The fourth-order valence-electron chi connectivity index (χ4n) is 1.36. The number of amidine groups is 1. The Morgan fingerprint density at radius 1 is 1.21 bits per heavy atom. The number of benzene rings is 1. The molecule has 1 heterocycles. The average molecular weight is 256 g/mol. The molecule has 0 aliphatic heterocycles. The van der Waals surface area contributed by atoms with Gasteiger partial charge in [-0.1, -0.05) is 6.07 Å². The lowest BCUT2D eigenvalue weighted by molar-refractivity contribution is 0.450. The van der Waals surface area contributed by atoms with Crippen molar-refractivity contribution in [2.75, 3.05) is 0 Å². The van der Waals surface area contributed by atoms with Gasteiger partial charge >= 0.3 is 0 Å². The molecule has 96 valence electrons. The topological polar surface area (TPSA) is 104 Å². The number of rotatable bonds is 3. The molecule has 0 saturated carbocycles. The maximum absolute atomic E-state index is 9.53. The highest BCUT2D eigenvalue weighted by atomic mass is 16.3. The van der Waals surface area contributed by atoms with E-state index in [0.29, 0.717) is 11.3 Å². The van der Waals surface area contributed by atoms with Crippen LogP contribution < -0.4 is 5.73 Å². The van der Waals surface area contributed by atoms with Crippen molar-refractivity contribution < 1.29 is 10.2 Å². The van der Waals surface area contributed by atoms with Gasteiger partial charge in [-0.05, 0) is 24.3 Å². The van der Waals surface area contributed by atoms with Crippen LogP contribution >= 0.6 is 0 Å². The Labute approximate surface area is 109 Å². The Kier molecular flexibility index (Phi) is 3.72. The highest BCUT2D eigenvalue weighted by Crippen LogP contribution is 2.20. The highest BCUT2D eigenvalue weighted by Gasteiger charge is 1.99. The van der Waals surface area contributed by atoms with Gasteiger partial charge in [-0.3, -0.25) is 4.98 Å². The number of nitrogens with zero attached hydrogens (tertiary/aromatic N) is 3. The fourth-order valence-corrected chi connectivity index (χ4v) is 1.36. The highest BCUT2D eigenvalue weighted by molar-refractivity contribution is 5.96. The van der Waals surface area contributed by atoms with Crippen molar-refractivity contribution in [3.8, 4) is 11.5 Å². The zero-order valence-corrected chi connectivity index (χ0v) is 9.93. The lowest BCUT2D eigenvalue weighted by Gasteiger charge is -1.98. The standard InChI is InChI=1S/C13H12N4O2/c14-13(11-3-1-2-6-15-11)17-16-8-9-4-5-10(18)7-12(9)19/h1-8,18-19H,(H2,14,17). The van der Waals surface area contributed by atoms with Gasteiger partial charge in [-0.2, -0.15) is 5.10 Å². The molecule has 6 nitrogen and oxygen atoms in total. The summed E-state index contributed by atoms with van der Waals surface area (Å²) in [6.07, 6.45) is 2.94. The quantitative estimate of drug-likeness (QED) is 0.436. The van der Waals surface area contributed by atoms with Crippen LogP contribution in [-0.4, -0.2) is 27.2 Å². The third-order valence-corrected chi connectivity index (χ3v) is 2.30. The van der Waals surface area contributed by atoms with Crippen LogP contribution in [0.3, 0.4) is 0 Å². The minimum atomic E-state index is -0.0876. The van der Waals surface area contributed by atoms with Crippen LogP contribution in [0.25, 0.3) is 0 Å². The van der Waals surface area contributed by atoms with Crippen LogP contribution in [0.2, 0.25) is 0 Å². The van der Waals surface area contributed by atoms with Crippen molar-refractivity contribution in [3.63, 3.8) is 0 Å². The molecule has 0 bridgehead atoms. The van der Waals surface area contributed by atoms with Gasteiger partial charge in [0.1, 0.15) is 17.2 Å². The largest absolute Gasteiger partial charge is 0.508 e. The molecule has 19 heavy (non-hydrogen) atoms. The van der Waals surface area contributed by atoms with E-state index in [0.717, 1.165) is 0 Å². The average Bonchev–Trinajstić information content (AvgIpc) is 2.42. The van der Waals surface area contributed by atoms with Crippen LogP contribution in [0.1, 0.15) is 11.3 Å². The van der Waals surface area contributed by atoms with E-state index in [9.17, 15) is 5.11 Å². The number of nitrogens with two attached hydrogens (primary N) is 1. The molecule has 0 atom stereocenters. The predicted octanol–water partition coefficient (Wildman–Crippen LogP) is 1.23. The minimum Gasteiger partial charge on any atom is -0.508 e. The number of phenols is 2. The molecular formula is C13H12N4O2. The third-order valence-electron chi connectivity index (χ3n) is 2.30. The summed E-state index contributed by atoms with van der Waals surface area (Å²) in [6, 6.07) is 9.45. The second kappa shape index (κ2) is 5.63. The minimum absolute atomic E-state index is 0.0221. The summed E-state index contributed by atoms with van der Waals surface area (Å²) in [5, 5.41) is 26.2. The second-order valence-electron chi connectivity index (χ2n) is 3.69. The molecule has 0 aliphatic carbocycles. The van der Waals surface area contributed by atoms with Gasteiger partial charge in [0.25, 0.3) is 0 Å². The Morgan fingerprint density at radius 3 is 2.74 bits per heavy atom. The first-order valence-electron chi connectivity index (χ1n) is 5.46. The zero-order chi connectivity index (χ0) is 13.7. The summed E-state index contributed by atoms with van der Waals surface area (Å²) in [5.41, 5.74) is 6.64. The predicted molar refractivity (Wildman–Crippen MR) is 72.3 cm³/mol. The van der Waals surface area contributed by atoms with Gasteiger partial charge < -0.3 is 15.9 Å². The maximum Gasteiger partial charge on any atom is 0.171 e. The molecule has 1 aromatic heterocycles. The van der Waals surface area contributed by atoms with Gasteiger partial charge in [0.05, 0.1) is 6.21 Å². The molecule has 0 saturated heterocycles.